The molecule has 0 amide bonds. The number of hydrogen-bond donors (Lipinski definition) is 1. The van der Waals surface area contributed by atoms with E-state index in [1.807, 2.05) is 12.1 Å². The lowest BCUT2D eigenvalue weighted by molar-refractivity contribution is 0.297. The number of nitrogens with zero attached hydrogens (tertiary/aromatic N) is 2. The Morgan fingerprint density at radius 3 is 3.09 bits per heavy atom. The van der Waals surface area contributed by atoms with E-state index < -0.39 is 0 Å². The van der Waals surface area contributed by atoms with Gasteiger partial charge >= 0.3 is 0 Å². The standard InChI is InChI=1S/C15H16ClN3O2S2/c1-2-4-17-14-18-19-15(23-14)22-9-10-7-11(16)13-12(8-10)20-5-3-6-21-13/h2,7-8H,1,3-6,9H2,(H,17,18). The molecule has 1 aliphatic heterocycles. The van der Waals surface area contributed by atoms with Crippen molar-refractivity contribution in [3.05, 3.63) is 35.4 Å². The second-order valence-electron chi connectivity index (χ2n) is 4.79. The van der Waals surface area contributed by atoms with Crippen molar-refractivity contribution in [2.45, 2.75) is 16.5 Å². The zero-order valence-corrected chi connectivity index (χ0v) is 14.8. The number of rotatable bonds is 6. The lowest BCUT2D eigenvalue weighted by atomic mass is 10.2. The highest BCUT2D eigenvalue weighted by Gasteiger charge is 2.16. The first-order valence-electron chi connectivity index (χ1n) is 7.15. The summed E-state index contributed by atoms with van der Waals surface area (Å²) in [7, 11) is 0. The maximum Gasteiger partial charge on any atom is 0.206 e. The third kappa shape index (κ3) is 4.31. The van der Waals surface area contributed by atoms with E-state index in [-0.39, 0.29) is 0 Å². The molecule has 2 heterocycles. The number of aromatic nitrogens is 2. The summed E-state index contributed by atoms with van der Waals surface area (Å²) in [4.78, 5) is 0. The van der Waals surface area contributed by atoms with E-state index in [2.05, 4.69) is 22.1 Å². The normalized spacial score (nSPS) is 13.4. The molecule has 0 fully saturated rings. The Morgan fingerprint density at radius 2 is 2.22 bits per heavy atom. The maximum absolute atomic E-state index is 6.30. The van der Waals surface area contributed by atoms with Gasteiger partial charge in [0, 0.05) is 18.7 Å². The molecule has 0 aliphatic carbocycles. The van der Waals surface area contributed by atoms with Crippen LogP contribution in [0.1, 0.15) is 12.0 Å². The Balaban J connectivity index is 1.66. The summed E-state index contributed by atoms with van der Waals surface area (Å²) in [6.07, 6.45) is 2.65. The van der Waals surface area contributed by atoms with E-state index in [1.165, 1.54) is 11.3 Å². The Hall–Kier alpha value is -1.44. The third-order valence-corrected chi connectivity index (χ3v) is 5.39. The number of hydrogen-bond acceptors (Lipinski definition) is 7. The molecule has 1 aromatic heterocycles. The van der Waals surface area contributed by atoms with Crippen molar-refractivity contribution in [3.8, 4) is 11.5 Å². The van der Waals surface area contributed by atoms with Crippen LogP contribution in [0.5, 0.6) is 11.5 Å². The number of fused-ring (bicyclic) bond motifs is 1. The molecule has 0 saturated carbocycles. The van der Waals surface area contributed by atoms with E-state index in [0.717, 1.165) is 33.0 Å². The fraction of sp³-hybridized carbons (Fsp3) is 0.333. The number of nitrogens with one attached hydrogen (secondary N) is 1. The molecule has 5 nitrogen and oxygen atoms in total. The van der Waals surface area contributed by atoms with Crippen LogP contribution < -0.4 is 14.8 Å². The van der Waals surface area contributed by atoms with Gasteiger partial charge in [0.1, 0.15) is 0 Å². The average Bonchev–Trinajstić information content (AvgIpc) is 2.86. The highest BCUT2D eigenvalue weighted by molar-refractivity contribution is 8.00. The topological polar surface area (TPSA) is 56.3 Å². The quantitative estimate of drug-likeness (QED) is 0.607. The van der Waals surface area contributed by atoms with Gasteiger partial charge in [0.25, 0.3) is 0 Å². The van der Waals surface area contributed by atoms with Crippen molar-refractivity contribution >= 4 is 39.8 Å². The highest BCUT2D eigenvalue weighted by atomic mass is 35.5. The number of halogens is 1. The van der Waals surface area contributed by atoms with Gasteiger partial charge in [-0.2, -0.15) is 0 Å². The van der Waals surface area contributed by atoms with Gasteiger partial charge in [0.2, 0.25) is 5.13 Å². The maximum atomic E-state index is 6.30. The summed E-state index contributed by atoms with van der Waals surface area (Å²) < 4.78 is 12.2. The first kappa shape index (κ1) is 16.4. The summed E-state index contributed by atoms with van der Waals surface area (Å²) in [5, 5.41) is 12.7. The molecule has 0 saturated heterocycles. The summed E-state index contributed by atoms with van der Waals surface area (Å²) in [5.74, 6) is 2.10. The molecule has 0 unspecified atom stereocenters. The Kier molecular flexibility index (Phi) is 5.64. The summed E-state index contributed by atoms with van der Waals surface area (Å²) >= 11 is 9.44. The molecule has 1 aromatic carbocycles. The lowest BCUT2D eigenvalue weighted by Gasteiger charge is -2.11. The number of thioether (sulfide) groups is 1. The van der Waals surface area contributed by atoms with Gasteiger partial charge in [-0.25, -0.2) is 0 Å². The molecule has 1 aliphatic rings. The zero-order valence-electron chi connectivity index (χ0n) is 12.4. The van der Waals surface area contributed by atoms with Crippen molar-refractivity contribution in [2.24, 2.45) is 0 Å². The fourth-order valence-electron chi connectivity index (χ4n) is 2.01. The van der Waals surface area contributed by atoms with Crippen molar-refractivity contribution < 1.29 is 9.47 Å². The van der Waals surface area contributed by atoms with Crippen LogP contribution in [0.3, 0.4) is 0 Å². The van der Waals surface area contributed by atoms with E-state index in [1.54, 1.807) is 17.8 Å². The van der Waals surface area contributed by atoms with Crippen LogP contribution in [-0.4, -0.2) is 30.0 Å². The molecular weight excluding hydrogens is 354 g/mol. The Bertz CT molecular complexity index is 693. The van der Waals surface area contributed by atoms with Gasteiger partial charge in [0.05, 0.1) is 18.2 Å². The molecule has 3 rings (SSSR count). The van der Waals surface area contributed by atoms with Gasteiger partial charge in [-0.05, 0) is 17.7 Å². The predicted molar refractivity (Wildman–Crippen MR) is 95.2 cm³/mol. The average molecular weight is 370 g/mol. The van der Waals surface area contributed by atoms with Gasteiger partial charge in [-0.1, -0.05) is 40.8 Å². The van der Waals surface area contributed by atoms with Gasteiger partial charge in [-0.15, -0.1) is 16.8 Å². The highest BCUT2D eigenvalue weighted by Crippen LogP contribution is 2.39. The minimum absolute atomic E-state index is 0.589. The Labute approximate surface area is 148 Å². The molecule has 1 N–H and O–H groups in total. The minimum atomic E-state index is 0.589. The molecule has 2 aromatic rings. The number of ether oxygens (including phenoxy) is 2. The van der Waals surface area contributed by atoms with Crippen LogP contribution in [0.4, 0.5) is 5.13 Å². The van der Waals surface area contributed by atoms with Crippen LogP contribution >= 0.6 is 34.7 Å². The first-order valence-corrected chi connectivity index (χ1v) is 9.33. The van der Waals surface area contributed by atoms with Gasteiger partial charge in [-0.3, -0.25) is 0 Å². The molecule has 8 heteroatoms. The zero-order chi connectivity index (χ0) is 16.1. The second kappa shape index (κ2) is 7.90. The SMILES string of the molecule is C=CCNc1nnc(SCc2cc(Cl)c3c(c2)OCCCO3)s1. The van der Waals surface area contributed by atoms with E-state index in [0.29, 0.717) is 30.5 Å². The summed E-state index contributed by atoms with van der Waals surface area (Å²) in [6, 6.07) is 3.90. The molecule has 0 spiro atoms. The fourth-order valence-corrected chi connectivity index (χ4v) is 3.99. The third-order valence-electron chi connectivity index (χ3n) is 3.03. The van der Waals surface area contributed by atoms with E-state index in [9.17, 15) is 0 Å². The van der Waals surface area contributed by atoms with Crippen LogP contribution in [-0.2, 0) is 5.75 Å². The molecule has 23 heavy (non-hydrogen) atoms. The second-order valence-corrected chi connectivity index (χ2v) is 7.39. The summed E-state index contributed by atoms with van der Waals surface area (Å²) in [5.41, 5.74) is 1.07. The van der Waals surface area contributed by atoms with Gasteiger partial charge in [0.15, 0.2) is 15.8 Å². The number of benzene rings is 1. The van der Waals surface area contributed by atoms with E-state index in [4.69, 9.17) is 21.1 Å². The molecular formula is C15H16ClN3O2S2. The molecule has 0 radical (unpaired) electrons. The number of anilines is 1. The van der Waals surface area contributed by atoms with Crippen LogP contribution in [0.15, 0.2) is 29.1 Å². The van der Waals surface area contributed by atoms with Crippen molar-refractivity contribution in [3.63, 3.8) is 0 Å². The van der Waals surface area contributed by atoms with Crippen molar-refractivity contribution in [1.29, 1.82) is 0 Å². The molecule has 0 atom stereocenters. The summed E-state index contributed by atoms with van der Waals surface area (Å²) in [6.45, 7) is 5.62. The van der Waals surface area contributed by atoms with E-state index >= 15 is 0 Å². The smallest absolute Gasteiger partial charge is 0.206 e. The minimum Gasteiger partial charge on any atom is -0.489 e. The van der Waals surface area contributed by atoms with Crippen molar-refractivity contribution in [2.75, 3.05) is 25.1 Å². The lowest BCUT2D eigenvalue weighted by Crippen LogP contribution is -1.97. The predicted octanol–water partition coefficient (Wildman–Crippen LogP) is 4.24. The van der Waals surface area contributed by atoms with Gasteiger partial charge < -0.3 is 14.8 Å². The van der Waals surface area contributed by atoms with Crippen LogP contribution in [0.2, 0.25) is 5.02 Å². The largest absolute Gasteiger partial charge is 0.489 e. The molecule has 122 valence electrons. The molecule has 0 bridgehead atoms. The monoisotopic (exact) mass is 369 g/mol. The van der Waals surface area contributed by atoms with Crippen molar-refractivity contribution in [1.82, 2.24) is 10.2 Å². The Morgan fingerprint density at radius 1 is 1.35 bits per heavy atom. The van der Waals surface area contributed by atoms with Crippen LogP contribution in [0, 0.1) is 0 Å². The first-order chi connectivity index (χ1) is 11.3. The van der Waals surface area contributed by atoms with Crippen LogP contribution in [0.25, 0.3) is 0 Å².